The van der Waals surface area contributed by atoms with E-state index < -0.39 is 28.5 Å². The van der Waals surface area contributed by atoms with Crippen molar-refractivity contribution in [1.82, 2.24) is 10.2 Å². The van der Waals surface area contributed by atoms with E-state index in [1.165, 1.54) is 23.1 Å². The molecule has 0 spiro atoms. The molecule has 0 aliphatic rings. The zero-order valence-electron chi connectivity index (χ0n) is 22.6. The van der Waals surface area contributed by atoms with E-state index in [9.17, 15) is 18.0 Å². The van der Waals surface area contributed by atoms with Gasteiger partial charge in [0.25, 0.3) is 10.0 Å². The third-order valence-electron chi connectivity index (χ3n) is 6.27. The first kappa shape index (κ1) is 30.0. The quantitative estimate of drug-likeness (QED) is 0.337. The lowest BCUT2D eigenvalue weighted by molar-refractivity contribution is -0.140. The number of nitrogens with zero attached hydrogens (tertiary/aromatic N) is 2. The molecule has 0 aromatic heterocycles. The van der Waals surface area contributed by atoms with E-state index in [1.54, 1.807) is 69.5 Å². The Balaban J connectivity index is 2.10. The van der Waals surface area contributed by atoms with Crippen molar-refractivity contribution in [2.45, 2.75) is 44.7 Å². The summed E-state index contributed by atoms with van der Waals surface area (Å²) in [5.41, 5.74) is 1.65. The number of amides is 2. The molecular formula is C29H34ClN3O5S. The fourth-order valence-corrected chi connectivity index (χ4v) is 5.92. The highest BCUT2D eigenvalue weighted by atomic mass is 35.5. The number of likely N-dealkylation sites (N-methyl/N-ethyl adjacent to an activating group) is 1. The Morgan fingerprint density at radius 2 is 1.72 bits per heavy atom. The van der Waals surface area contributed by atoms with Gasteiger partial charge in [-0.05, 0) is 67.8 Å². The molecule has 8 nitrogen and oxygen atoms in total. The van der Waals surface area contributed by atoms with Gasteiger partial charge in [-0.2, -0.15) is 0 Å². The molecule has 1 unspecified atom stereocenters. The SMILES string of the molecule is CCNC(=O)C(CC)N(Cc1cccc(OC)c1)C(=O)CN(c1cc(Cl)ccc1C)S(=O)(=O)c1ccccc1. The summed E-state index contributed by atoms with van der Waals surface area (Å²) in [7, 11) is -2.61. The highest BCUT2D eigenvalue weighted by molar-refractivity contribution is 7.92. The number of carbonyl (C=O) groups excluding carboxylic acids is 2. The maximum atomic E-state index is 14.0. The van der Waals surface area contributed by atoms with Crippen molar-refractivity contribution in [1.29, 1.82) is 0 Å². The summed E-state index contributed by atoms with van der Waals surface area (Å²) >= 11 is 6.26. The summed E-state index contributed by atoms with van der Waals surface area (Å²) in [5.74, 6) is -0.240. The van der Waals surface area contributed by atoms with E-state index >= 15 is 0 Å². The van der Waals surface area contributed by atoms with Gasteiger partial charge in [0.2, 0.25) is 11.8 Å². The average Bonchev–Trinajstić information content (AvgIpc) is 2.93. The van der Waals surface area contributed by atoms with Crippen LogP contribution in [0.1, 0.15) is 31.4 Å². The van der Waals surface area contributed by atoms with Gasteiger partial charge in [0.05, 0.1) is 17.7 Å². The lowest BCUT2D eigenvalue weighted by atomic mass is 10.1. The van der Waals surface area contributed by atoms with Crippen molar-refractivity contribution in [3.05, 3.63) is 88.9 Å². The van der Waals surface area contributed by atoms with Gasteiger partial charge in [-0.25, -0.2) is 8.42 Å². The number of benzene rings is 3. The van der Waals surface area contributed by atoms with Crippen molar-refractivity contribution >= 4 is 39.1 Å². The number of hydrogen-bond acceptors (Lipinski definition) is 5. The molecule has 39 heavy (non-hydrogen) atoms. The second-order valence-corrected chi connectivity index (χ2v) is 11.2. The zero-order chi connectivity index (χ0) is 28.6. The fraction of sp³-hybridized carbons (Fsp3) is 0.310. The summed E-state index contributed by atoms with van der Waals surface area (Å²) in [6, 6.07) is 19.2. The molecule has 0 saturated carbocycles. The van der Waals surface area contributed by atoms with Crippen LogP contribution in [-0.2, 0) is 26.2 Å². The monoisotopic (exact) mass is 571 g/mol. The van der Waals surface area contributed by atoms with Crippen molar-refractivity contribution < 1.29 is 22.7 Å². The smallest absolute Gasteiger partial charge is 0.264 e. The molecule has 3 aromatic carbocycles. The van der Waals surface area contributed by atoms with Gasteiger partial charge in [0.15, 0.2) is 0 Å². The van der Waals surface area contributed by atoms with Crippen molar-refractivity contribution in [3.8, 4) is 5.75 Å². The number of rotatable bonds is 12. The van der Waals surface area contributed by atoms with Crippen molar-refractivity contribution in [2.75, 3.05) is 24.5 Å². The lowest BCUT2D eigenvalue weighted by Gasteiger charge is -2.33. The molecule has 0 saturated heterocycles. The number of nitrogens with one attached hydrogen (secondary N) is 1. The minimum absolute atomic E-state index is 0.0345. The van der Waals surface area contributed by atoms with Crippen LogP contribution in [0.2, 0.25) is 5.02 Å². The van der Waals surface area contributed by atoms with E-state index in [0.717, 1.165) is 9.87 Å². The van der Waals surface area contributed by atoms with Crippen molar-refractivity contribution in [2.24, 2.45) is 0 Å². The summed E-state index contributed by atoms with van der Waals surface area (Å²) in [6.45, 7) is 5.31. The van der Waals surface area contributed by atoms with Crippen LogP contribution in [0.25, 0.3) is 0 Å². The highest BCUT2D eigenvalue weighted by Gasteiger charge is 2.34. The largest absolute Gasteiger partial charge is 0.497 e. The van der Waals surface area contributed by atoms with Crippen LogP contribution in [0.15, 0.2) is 77.7 Å². The molecule has 0 aliphatic heterocycles. The maximum Gasteiger partial charge on any atom is 0.264 e. The molecule has 1 atom stereocenters. The molecule has 3 aromatic rings. The summed E-state index contributed by atoms with van der Waals surface area (Å²) in [5, 5.41) is 3.12. The second-order valence-electron chi connectivity index (χ2n) is 8.95. The Morgan fingerprint density at radius 3 is 2.36 bits per heavy atom. The lowest BCUT2D eigenvalue weighted by Crippen LogP contribution is -2.52. The Labute approximate surface area is 235 Å². The van der Waals surface area contributed by atoms with Gasteiger partial charge in [-0.15, -0.1) is 0 Å². The predicted molar refractivity (Wildman–Crippen MR) is 153 cm³/mol. The minimum Gasteiger partial charge on any atom is -0.497 e. The topological polar surface area (TPSA) is 96.0 Å². The molecule has 0 aliphatic carbocycles. The minimum atomic E-state index is -4.16. The summed E-state index contributed by atoms with van der Waals surface area (Å²) < 4.78 is 34.2. The molecule has 10 heteroatoms. The van der Waals surface area contributed by atoms with Crippen LogP contribution in [-0.4, -0.2) is 51.4 Å². The van der Waals surface area contributed by atoms with Gasteiger partial charge >= 0.3 is 0 Å². The average molecular weight is 572 g/mol. The molecule has 1 N–H and O–H groups in total. The van der Waals surface area contributed by atoms with Gasteiger partial charge in [0.1, 0.15) is 18.3 Å². The highest BCUT2D eigenvalue weighted by Crippen LogP contribution is 2.30. The van der Waals surface area contributed by atoms with Crippen LogP contribution < -0.4 is 14.4 Å². The van der Waals surface area contributed by atoms with E-state index in [0.29, 0.717) is 29.3 Å². The third-order valence-corrected chi connectivity index (χ3v) is 8.28. The van der Waals surface area contributed by atoms with E-state index in [1.807, 2.05) is 13.0 Å². The number of halogens is 1. The number of hydrogen-bond donors (Lipinski definition) is 1. The fourth-order valence-electron chi connectivity index (χ4n) is 4.26. The Hall–Kier alpha value is -3.56. The maximum absolute atomic E-state index is 14.0. The zero-order valence-corrected chi connectivity index (χ0v) is 24.1. The first-order valence-corrected chi connectivity index (χ1v) is 14.5. The molecule has 0 bridgehead atoms. The van der Waals surface area contributed by atoms with Gasteiger partial charge in [-0.3, -0.25) is 13.9 Å². The van der Waals surface area contributed by atoms with Gasteiger partial charge < -0.3 is 15.0 Å². The molecule has 0 fully saturated rings. The van der Waals surface area contributed by atoms with Crippen LogP contribution >= 0.6 is 11.6 Å². The van der Waals surface area contributed by atoms with E-state index in [-0.39, 0.29) is 23.0 Å². The molecule has 2 amide bonds. The first-order chi connectivity index (χ1) is 18.6. The van der Waals surface area contributed by atoms with E-state index in [2.05, 4.69) is 5.32 Å². The second kappa shape index (κ2) is 13.5. The number of methoxy groups -OCH3 is 1. The van der Waals surface area contributed by atoms with Gasteiger partial charge in [-0.1, -0.05) is 54.9 Å². The molecular weight excluding hydrogens is 538 g/mol. The Bertz CT molecular complexity index is 1400. The van der Waals surface area contributed by atoms with E-state index in [4.69, 9.17) is 16.3 Å². The van der Waals surface area contributed by atoms with Crippen molar-refractivity contribution in [3.63, 3.8) is 0 Å². The molecule has 3 rings (SSSR count). The summed E-state index contributed by atoms with van der Waals surface area (Å²) in [4.78, 5) is 28.5. The number of carbonyl (C=O) groups is 2. The normalized spacial score (nSPS) is 11.9. The van der Waals surface area contributed by atoms with Crippen LogP contribution in [0, 0.1) is 6.92 Å². The van der Waals surface area contributed by atoms with Crippen LogP contribution in [0.5, 0.6) is 5.75 Å². The Kier molecular flexibility index (Phi) is 10.4. The molecule has 0 radical (unpaired) electrons. The predicted octanol–water partition coefficient (Wildman–Crippen LogP) is 4.80. The van der Waals surface area contributed by atoms with Crippen LogP contribution in [0.4, 0.5) is 5.69 Å². The third kappa shape index (κ3) is 7.30. The molecule has 0 heterocycles. The molecule has 208 valence electrons. The van der Waals surface area contributed by atoms with Gasteiger partial charge in [0, 0.05) is 18.1 Å². The Morgan fingerprint density at radius 1 is 1.00 bits per heavy atom. The standard InChI is InChI=1S/C29H34ClN3O5S/c1-5-26(29(35)31-6-2)32(19-22-11-10-12-24(17-22)38-4)28(34)20-33(27-18-23(30)16-15-21(27)3)39(36,37)25-13-8-7-9-14-25/h7-18,26H,5-6,19-20H2,1-4H3,(H,31,35). The first-order valence-electron chi connectivity index (χ1n) is 12.7. The number of sulfonamides is 1. The number of anilines is 1. The van der Waals surface area contributed by atoms with Crippen LogP contribution in [0.3, 0.4) is 0 Å². The number of ether oxygens (including phenoxy) is 1. The summed E-state index contributed by atoms with van der Waals surface area (Å²) in [6.07, 6.45) is 0.336. The number of aryl methyl sites for hydroxylation is 1.